The molecule has 1 aromatic heterocycles. The maximum absolute atomic E-state index is 13.9. The van der Waals surface area contributed by atoms with Crippen molar-refractivity contribution >= 4 is 11.6 Å². The van der Waals surface area contributed by atoms with Crippen LogP contribution in [0.2, 0.25) is 0 Å². The molecule has 0 bridgehead atoms. The minimum absolute atomic E-state index is 0.114. The van der Waals surface area contributed by atoms with Crippen molar-refractivity contribution in [2.24, 2.45) is 0 Å². The van der Waals surface area contributed by atoms with Crippen molar-refractivity contribution in [3.63, 3.8) is 0 Å². The lowest BCUT2D eigenvalue weighted by Crippen LogP contribution is -2.46. The molecule has 0 unspecified atom stereocenters. The minimum Gasteiger partial charge on any atom is -0.356 e. The molecule has 0 atom stereocenters. The topological polar surface area (TPSA) is 35.5 Å². The molecule has 1 aromatic carbocycles. The third-order valence-corrected chi connectivity index (χ3v) is 5.29. The summed E-state index contributed by atoms with van der Waals surface area (Å²) in [5.41, 5.74) is 0.773. The lowest BCUT2D eigenvalue weighted by atomic mass is 10.2. The van der Waals surface area contributed by atoms with Crippen LogP contribution in [0, 0.1) is 12.7 Å². The van der Waals surface area contributed by atoms with Gasteiger partial charge in [0.2, 0.25) is 0 Å². The molecule has 4 rings (SSSR count). The van der Waals surface area contributed by atoms with Crippen molar-refractivity contribution in [1.29, 1.82) is 0 Å². The summed E-state index contributed by atoms with van der Waals surface area (Å²) in [6.07, 6.45) is 2.49. The van der Waals surface area contributed by atoms with Crippen LogP contribution in [0.4, 0.5) is 16.0 Å². The molecule has 2 aliphatic rings. The van der Waals surface area contributed by atoms with Gasteiger partial charge in [0.25, 0.3) is 0 Å². The summed E-state index contributed by atoms with van der Waals surface area (Å²) in [5.74, 6) is 2.79. The lowest BCUT2D eigenvalue weighted by Gasteiger charge is -2.35. The van der Waals surface area contributed by atoms with Gasteiger partial charge in [-0.25, -0.2) is 14.4 Å². The van der Waals surface area contributed by atoms with E-state index in [4.69, 9.17) is 0 Å². The molecule has 6 heteroatoms. The van der Waals surface area contributed by atoms with E-state index in [0.717, 1.165) is 62.3 Å². The van der Waals surface area contributed by atoms with Crippen molar-refractivity contribution in [1.82, 2.24) is 14.9 Å². The van der Waals surface area contributed by atoms with Gasteiger partial charge in [-0.2, -0.15) is 0 Å². The zero-order chi connectivity index (χ0) is 17.9. The largest absolute Gasteiger partial charge is 0.356 e. The SMILES string of the molecule is Cc1nc(N2CCCC2)cc(N2CCN(Cc3ccccc3F)CC2)n1. The van der Waals surface area contributed by atoms with E-state index < -0.39 is 0 Å². The first-order valence-electron chi connectivity index (χ1n) is 9.50. The van der Waals surface area contributed by atoms with Gasteiger partial charge in [-0.15, -0.1) is 0 Å². The molecule has 5 nitrogen and oxygen atoms in total. The number of aromatic nitrogens is 2. The number of piperazine rings is 1. The number of benzene rings is 1. The summed E-state index contributed by atoms with van der Waals surface area (Å²) in [6.45, 7) is 8.46. The van der Waals surface area contributed by atoms with Crippen LogP contribution >= 0.6 is 0 Å². The van der Waals surface area contributed by atoms with Gasteiger partial charge < -0.3 is 9.80 Å². The molecule has 0 spiro atoms. The summed E-state index contributed by atoms with van der Waals surface area (Å²) in [6, 6.07) is 9.18. The van der Waals surface area contributed by atoms with Crippen LogP contribution in [0.1, 0.15) is 24.2 Å². The molecule has 3 heterocycles. The van der Waals surface area contributed by atoms with Gasteiger partial charge in [0, 0.05) is 57.4 Å². The Morgan fingerprint density at radius 3 is 2.15 bits per heavy atom. The average molecular weight is 355 g/mol. The second-order valence-corrected chi connectivity index (χ2v) is 7.18. The summed E-state index contributed by atoms with van der Waals surface area (Å²) < 4.78 is 13.9. The fourth-order valence-electron chi connectivity index (χ4n) is 3.81. The van der Waals surface area contributed by atoms with Crippen molar-refractivity contribution in [3.8, 4) is 0 Å². The van der Waals surface area contributed by atoms with Gasteiger partial charge in [0.05, 0.1) is 0 Å². The summed E-state index contributed by atoms with van der Waals surface area (Å²) in [4.78, 5) is 16.3. The molecular weight excluding hydrogens is 329 g/mol. The normalized spacial score (nSPS) is 18.5. The predicted octanol–water partition coefficient (Wildman–Crippen LogP) is 2.85. The Kier molecular flexibility index (Phi) is 5.02. The van der Waals surface area contributed by atoms with Gasteiger partial charge in [0.15, 0.2) is 0 Å². The van der Waals surface area contributed by atoms with Crippen LogP contribution in [-0.4, -0.2) is 54.1 Å². The highest BCUT2D eigenvalue weighted by Crippen LogP contribution is 2.23. The maximum atomic E-state index is 13.9. The van der Waals surface area contributed by atoms with Crippen LogP contribution in [0.5, 0.6) is 0 Å². The first-order chi connectivity index (χ1) is 12.7. The van der Waals surface area contributed by atoms with Crippen molar-refractivity contribution in [2.45, 2.75) is 26.3 Å². The predicted molar refractivity (Wildman–Crippen MR) is 102 cm³/mol. The zero-order valence-electron chi connectivity index (χ0n) is 15.4. The highest BCUT2D eigenvalue weighted by Gasteiger charge is 2.21. The van der Waals surface area contributed by atoms with E-state index in [9.17, 15) is 4.39 Å². The molecule has 2 aromatic rings. The zero-order valence-corrected chi connectivity index (χ0v) is 15.4. The number of hydrogen-bond acceptors (Lipinski definition) is 5. The Balaban J connectivity index is 1.41. The Morgan fingerprint density at radius 1 is 0.885 bits per heavy atom. The number of anilines is 2. The quantitative estimate of drug-likeness (QED) is 0.843. The van der Waals surface area contributed by atoms with Crippen LogP contribution in [0.15, 0.2) is 30.3 Å². The first-order valence-corrected chi connectivity index (χ1v) is 9.50. The fraction of sp³-hybridized carbons (Fsp3) is 0.500. The molecule has 0 aliphatic carbocycles. The Hall–Kier alpha value is -2.21. The third kappa shape index (κ3) is 3.80. The monoisotopic (exact) mass is 355 g/mol. The lowest BCUT2D eigenvalue weighted by molar-refractivity contribution is 0.246. The highest BCUT2D eigenvalue weighted by atomic mass is 19.1. The van der Waals surface area contributed by atoms with Crippen LogP contribution in [-0.2, 0) is 6.54 Å². The Morgan fingerprint density at radius 2 is 1.50 bits per heavy atom. The molecule has 0 radical (unpaired) electrons. The van der Waals surface area contributed by atoms with Gasteiger partial charge >= 0.3 is 0 Å². The van der Waals surface area contributed by atoms with E-state index in [-0.39, 0.29) is 5.82 Å². The summed E-state index contributed by atoms with van der Waals surface area (Å²) >= 11 is 0. The van der Waals surface area contributed by atoms with Crippen molar-refractivity contribution in [3.05, 3.63) is 47.5 Å². The third-order valence-electron chi connectivity index (χ3n) is 5.29. The molecule has 0 amide bonds. The smallest absolute Gasteiger partial charge is 0.134 e. The van der Waals surface area contributed by atoms with E-state index in [1.165, 1.54) is 18.9 Å². The van der Waals surface area contributed by atoms with Gasteiger partial charge in [-0.3, -0.25) is 4.90 Å². The Labute approximate surface area is 154 Å². The standard InChI is InChI=1S/C20H26FN5/c1-16-22-19(25-8-4-5-9-25)14-20(23-16)26-12-10-24(11-13-26)15-17-6-2-3-7-18(17)21/h2-3,6-7,14H,4-5,8-13,15H2,1H3. The van der Waals surface area contributed by atoms with Crippen LogP contribution in [0.3, 0.4) is 0 Å². The molecule has 2 fully saturated rings. The molecule has 138 valence electrons. The first kappa shape index (κ1) is 17.2. The van der Waals surface area contributed by atoms with E-state index in [1.807, 2.05) is 19.1 Å². The van der Waals surface area contributed by atoms with Crippen LogP contribution in [0.25, 0.3) is 0 Å². The summed E-state index contributed by atoms with van der Waals surface area (Å²) in [7, 11) is 0. The van der Waals surface area contributed by atoms with E-state index >= 15 is 0 Å². The Bertz CT molecular complexity index is 752. The number of rotatable bonds is 4. The molecule has 26 heavy (non-hydrogen) atoms. The molecule has 2 saturated heterocycles. The molecule has 0 saturated carbocycles. The average Bonchev–Trinajstić information content (AvgIpc) is 3.19. The second kappa shape index (κ2) is 7.58. The maximum Gasteiger partial charge on any atom is 0.134 e. The fourth-order valence-corrected chi connectivity index (χ4v) is 3.81. The number of halogens is 1. The van der Waals surface area contributed by atoms with Crippen molar-refractivity contribution < 1.29 is 4.39 Å². The van der Waals surface area contributed by atoms with Gasteiger partial charge in [0.1, 0.15) is 23.3 Å². The van der Waals surface area contributed by atoms with E-state index in [2.05, 4.69) is 30.7 Å². The molecule has 0 N–H and O–H groups in total. The highest BCUT2D eigenvalue weighted by molar-refractivity contribution is 5.51. The van der Waals surface area contributed by atoms with E-state index in [1.54, 1.807) is 6.07 Å². The molecular formula is C20H26FN5. The summed E-state index contributed by atoms with van der Waals surface area (Å²) in [5, 5.41) is 0. The number of aryl methyl sites for hydroxylation is 1. The number of hydrogen-bond donors (Lipinski definition) is 0. The molecule has 2 aliphatic heterocycles. The number of nitrogens with zero attached hydrogens (tertiary/aromatic N) is 5. The van der Waals surface area contributed by atoms with Gasteiger partial charge in [-0.05, 0) is 25.8 Å². The van der Waals surface area contributed by atoms with E-state index in [0.29, 0.717) is 6.54 Å². The second-order valence-electron chi connectivity index (χ2n) is 7.18. The minimum atomic E-state index is -0.114. The van der Waals surface area contributed by atoms with Crippen LogP contribution < -0.4 is 9.80 Å². The van der Waals surface area contributed by atoms with Gasteiger partial charge in [-0.1, -0.05) is 18.2 Å². The van der Waals surface area contributed by atoms with Crippen molar-refractivity contribution in [2.75, 3.05) is 49.1 Å².